The maximum absolute atomic E-state index is 11.9. The summed E-state index contributed by atoms with van der Waals surface area (Å²) in [5.74, 6) is -0.947. The zero-order valence-electron chi connectivity index (χ0n) is 10.6. The van der Waals surface area contributed by atoms with E-state index in [1.54, 1.807) is 29.2 Å². The number of benzene rings is 1. The highest BCUT2D eigenvalue weighted by Crippen LogP contribution is 2.26. The highest BCUT2D eigenvalue weighted by atomic mass is 35.5. The molecule has 1 aromatic rings. The zero-order chi connectivity index (χ0) is 14.7. The lowest BCUT2D eigenvalue weighted by Crippen LogP contribution is -2.49. The van der Waals surface area contributed by atoms with Gasteiger partial charge in [-0.1, -0.05) is 29.3 Å². The molecule has 0 unspecified atom stereocenters. The minimum atomic E-state index is -0.833. The molecule has 1 aliphatic heterocycles. The number of rotatable bonds is 4. The molecule has 106 valence electrons. The van der Waals surface area contributed by atoms with Gasteiger partial charge in [0.25, 0.3) is 0 Å². The van der Waals surface area contributed by atoms with Crippen molar-refractivity contribution in [3.63, 3.8) is 0 Å². The topological polar surface area (TPSA) is 57.6 Å². The fourth-order valence-corrected chi connectivity index (χ4v) is 2.58. The molecule has 2 rings (SSSR count). The summed E-state index contributed by atoms with van der Waals surface area (Å²) in [6, 6.07) is 5.13. The van der Waals surface area contributed by atoms with Crippen molar-refractivity contribution in [2.45, 2.75) is 6.42 Å². The van der Waals surface area contributed by atoms with Gasteiger partial charge in [-0.25, -0.2) is 0 Å². The number of halogens is 2. The highest BCUT2D eigenvalue weighted by molar-refractivity contribution is 6.37. The number of carbonyl (C=O) groups excluding carboxylic acids is 1. The Labute approximate surface area is 126 Å². The van der Waals surface area contributed by atoms with Crippen molar-refractivity contribution in [1.82, 2.24) is 4.90 Å². The Morgan fingerprint density at radius 1 is 1.30 bits per heavy atom. The molecular weight excluding hydrogens is 301 g/mol. The van der Waals surface area contributed by atoms with Gasteiger partial charge in [0.1, 0.15) is 0 Å². The van der Waals surface area contributed by atoms with Gasteiger partial charge in [-0.3, -0.25) is 9.59 Å². The molecule has 1 fully saturated rings. The Kier molecular flexibility index (Phi) is 4.68. The molecule has 0 atom stereocenters. The third-order valence-corrected chi connectivity index (χ3v) is 3.78. The summed E-state index contributed by atoms with van der Waals surface area (Å²) >= 11 is 12.0. The van der Waals surface area contributed by atoms with Crippen LogP contribution in [0.2, 0.25) is 10.0 Å². The number of amides is 1. The quantitative estimate of drug-likeness (QED) is 0.869. The molecule has 0 radical (unpaired) electrons. The average Bonchev–Trinajstić information content (AvgIpc) is 2.32. The van der Waals surface area contributed by atoms with Gasteiger partial charge in [0.2, 0.25) is 5.91 Å². The summed E-state index contributed by atoms with van der Waals surface area (Å²) in [6.07, 6.45) is 3.09. The Morgan fingerprint density at radius 3 is 2.45 bits per heavy atom. The number of likely N-dealkylation sites (tertiary alicyclic amines) is 1. The summed E-state index contributed by atoms with van der Waals surface area (Å²) in [5.41, 5.74) is 0.604. The standard InChI is InChI=1S/C14H13Cl2NO3/c15-11-2-1-3-12(16)10(11)4-5-13(18)17-7-9(8-17)6-14(19)20/h1-5,9H,6-8H2,(H,19,20). The zero-order valence-corrected chi connectivity index (χ0v) is 12.1. The third kappa shape index (κ3) is 3.52. The van der Waals surface area contributed by atoms with Crippen LogP contribution in [0.3, 0.4) is 0 Å². The number of carboxylic acid groups (broad SMARTS) is 1. The second-order valence-corrected chi connectivity index (χ2v) is 5.49. The Balaban J connectivity index is 1.93. The molecule has 0 aliphatic carbocycles. The lowest BCUT2D eigenvalue weighted by Gasteiger charge is -2.37. The first-order valence-corrected chi connectivity index (χ1v) is 6.85. The fraction of sp³-hybridized carbons (Fsp3) is 0.286. The van der Waals surface area contributed by atoms with Gasteiger partial charge in [0.15, 0.2) is 0 Å². The third-order valence-electron chi connectivity index (χ3n) is 3.12. The molecule has 1 heterocycles. The van der Waals surface area contributed by atoms with Gasteiger partial charge in [-0.2, -0.15) is 0 Å². The molecule has 1 saturated heterocycles. The van der Waals surface area contributed by atoms with Crippen molar-refractivity contribution in [2.75, 3.05) is 13.1 Å². The van der Waals surface area contributed by atoms with E-state index in [0.717, 1.165) is 0 Å². The summed E-state index contributed by atoms with van der Waals surface area (Å²) < 4.78 is 0. The van der Waals surface area contributed by atoms with E-state index in [9.17, 15) is 9.59 Å². The van der Waals surface area contributed by atoms with E-state index in [1.807, 2.05) is 0 Å². The van der Waals surface area contributed by atoms with E-state index >= 15 is 0 Å². The summed E-state index contributed by atoms with van der Waals surface area (Å²) in [6.45, 7) is 0.956. The molecule has 1 N–H and O–H groups in total. The minimum absolute atomic E-state index is 0.0498. The van der Waals surface area contributed by atoms with Crippen LogP contribution in [0.1, 0.15) is 12.0 Å². The second kappa shape index (κ2) is 6.29. The van der Waals surface area contributed by atoms with Crippen LogP contribution in [-0.2, 0) is 9.59 Å². The molecule has 0 bridgehead atoms. The molecule has 0 saturated carbocycles. The average molecular weight is 314 g/mol. The lowest BCUT2D eigenvalue weighted by atomic mass is 9.96. The van der Waals surface area contributed by atoms with E-state index < -0.39 is 5.97 Å². The van der Waals surface area contributed by atoms with Crippen LogP contribution >= 0.6 is 23.2 Å². The van der Waals surface area contributed by atoms with E-state index in [0.29, 0.717) is 28.7 Å². The van der Waals surface area contributed by atoms with Gasteiger partial charge < -0.3 is 10.0 Å². The number of nitrogens with zero attached hydrogens (tertiary/aromatic N) is 1. The maximum Gasteiger partial charge on any atom is 0.303 e. The van der Waals surface area contributed by atoms with Crippen LogP contribution in [-0.4, -0.2) is 35.0 Å². The van der Waals surface area contributed by atoms with E-state index in [-0.39, 0.29) is 18.2 Å². The second-order valence-electron chi connectivity index (χ2n) is 4.68. The van der Waals surface area contributed by atoms with Crippen molar-refractivity contribution in [1.29, 1.82) is 0 Å². The van der Waals surface area contributed by atoms with Crippen molar-refractivity contribution in [2.24, 2.45) is 5.92 Å². The van der Waals surface area contributed by atoms with Crippen LogP contribution in [0.15, 0.2) is 24.3 Å². The summed E-state index contributed by atoms with van der Waals surface area (Å²) in [7, 11) is 0. The molecule has 0 aromatic heterocycles. The number of aliphatic carboxylic acids is 1. The predicted octanol–water partition coefficient (Wildman–Crippen LogP) is 2.94. The normalized spacial score (nSPS) is 15.4. The summed E-state index contributed by atoms with van der Waals surface area (Å²) in [4.78, 5) is 24.0. The minimum Gasteiger partial charge on any atom is -0.481 e. The van der Waals surface area contributed by atoms with Crippen molar-refractivity contribution in [3.8, 4) is 0 Å². The summed E-state index contributed by atoms with van der Waals surface area (Å²) in [5, 5.41) is 9.60. The molecule has 1 aliphatic rings. The van der Waals surface area contributed by atoms with Gasteiger partial charge in [0.05, 0.1) is 6.42 Å². The first-order valence-electron chi connectivity index (χ1n) is 6.10. The molecule has 20 heavy (non-hydrogen) atoms. The highest BCUT2D eigenvalue weighted by Gasteiger charge is 2.30. The van der Waals surface area contributed by atoms with Gasteiger partial charge in [0, 0.05) is 40.7 Å². The van der Waals surface area contributed by atoms with E-state index in [4.69, 9.17) is 28.3 Å². The number of hydrogen-bond donors (Lipinski definition) is 1. The SMILES string of the molecule is O=C(O)CC1CN(C(=O)C=Cc2c(Cl)cccc2Cl)C1. The fourth-order valence-electron chi connectivity index (χ4n) is 2.06. The smallest absolute Gasteiger partial charge is 0.303 e. The number of carbonyl (C=O) groups is 2. The first kappa shape index (κ1) is 14.9. The van der Waals surface area contributed by atoms with Gasteiger partial charge in [-0.15, -0.1) is 0 Å². The van der Waals surface area contributed by atoms with Crippen LogP contribution in [0.5, 0.6) is 0 Å². The maximum atomic E-state index is 11.9. The van der Waals surface area contributed by atoms with E-state index in [2.05, 4.69) is 0 Å². The Morgan fingerprint density at radius 2 is 1.90 bits per heavy atom. The van der Waals surface area contributed by atoms with Crippen molar-refractivity contribution in [3.05, 3.63) is 39.9 Å². The van der Waals surface area contributed by atoms with Crippen LogP contribution in [0.25, 0.3) is 6.08 Å². The van der Waals surface area contributed by atoms with E-state index in [1.165, 1.54) is 6.08 Å². The van der Waals surface area contributed by atoms with Crippen LogP contribution in [0.4, 0.5) is 0 Å². The molecule has 1 aromatic carbocycles. The van der Waals surface area contributed by atoms with Crippen molar-refractivity contribution < 1.29 is 14.7 Å². The molecular formula is C14H13Cl2NO3. The molecule has 0 spiro atoms. The molecule has 6 heteroatoms. The largest absolute Gasteiger partial charge is 0.481 e. The Hall–Kier alpha value is -1.52. The lowest BCUT2D eigenvalue weighted by molar-refractivity contribution is -0.143. The number of hydrogen-bond acceptors (Lipinski definition) is 2. The molecule has 1 amide bonds. The Bertz CT molecular complexity index is 545. The molecule has 4 nitrogen and oxygen atoms in total. The van der Waals surface area contributed by atoms with Gasteiger partial charge in [-0.05, 0) is 18.2 Å². The predicted molar refractivity (Wildman–Crippen MR) is 77.8 cm³/mol. The van der Waals surface area contributed by atoms with Gasteiger partial charge >= 0.3 is 5.97 Å². The van der Waals surface area contributed by atoms with Crippen LogP contribution in [0, 0.1) is 5.92 Å². The number of carboxylic acids is 1. The van der Waals surface area contributed by atoms with Crippen molar-refractivity contribution >= 4 is 41.2 Å². The first-order chi connectivity index (χ1) is 9.47. The monoisotopic (exact) mass is 313 g/mol. The van der Waals surface area contributed by atoms with Crippen LogP contribution < -0.4 is 0 Å².